The van der Waals surface area contributed by atoms with E-state index < -0.39 is 0 Å². The van der Waals surface area contributed by atoms with Crippen molar-refractivity contribution in [2.75, 3.05) is 7.11 Å². The van der Waals surface area contributed by atoms with Gasteiger partial charge in [-0.1, -0.05) is 0 Å². The van der Waals surface area contributed by atoms with Gasteiger partial charge in [-0.15, -0.1) is 0 Å². The SMILES string of the molecule is COc1ccc(C(=O)Cn2c(C)cc(=O)cc2C)cc1OC1CC(O)C1. The van der Waals surface area contributed by atoms with Crippen molar-refractivity contribution >= 4 is 5.78 Å². The molecule has 1 aromatic heterocycles. The maximum atomic E-state index is 12.7. The van der Waals surface area contributed by atoms with Crippen LogP contribution in [0.25, 0.3) is 0 Å². The predicted octanol–water partition coefficient (Wildman–Crippen LogP) is 2.26. The summed E-state index contributed by atoms with van der Waals surface area (Å²) in [5, 5.41) is 9.41. The summed E-state index contributed by atoms with van der Waals surface area (Å²) >= 11 is 0. The number of aliphatic hydroxyl groups excluding tert-OH is 1. The van der Waals surface area contributed by atoms with Crippen molar-refractivity contribution in [3.05, 3.63) is 57.5 Å². The maximum Gasteiger partial charge on any atom is 0.182 e. The van der Waals surface area contributed by atoms with Crippen LogP contribution in [0.5, 0.6) is 11.5 Å². The van der Waals surface area contributed by atoms with Gasteiger partial charge < -0.3 is 19.1 Å². The first kappa shape index (κ1) is 18.2. The van der Waals surface area contributed by atoms with Gasteiger partial charge in [0, 0.05) is 41.9 Å². The van der Waals surface area contributed by atoms with Crippen LogP contribution in [-0.2, 0) is 6.54 Å². The fourth-order valence-corrected chi connectivity index (χ4v) is 3.13. The smallest absolute Gasteiger partial charge is 0.182 e. The number of aliphatic hydroxyl groups is 1. The van der Waals surface area contributed by atoms with E-state index in [1.807, 2.05) is 18.4 Å². The predicted molar refractivity (Wildman–Crippen MR) is 97.2 cm³/mol. The van der Waals surface area contributed by atoms with Crippen molar-refractivity contribution in [2.45, 2.75) is 45.4 Å². The summed E-state index contributed by atoms with van der Waals surface area (Å²) in [6, 6.07) is 8.13. The van der Waals surface area contributed by atoms with E-state index in [9.17, 15) is 14.7 Å². The van der Waals surface area contributed by atoms with E-state index >= 15 is 0 Å². The third-order valence-corrected chi connectivity index (χ3v) is 4.70. The summed E-state index contributed by atoms with van der Waals surface area (Å²) in [6.45, 7) is 3.77. The number of hydrogen-bond donors (Lipinski definition) is 1. The number of ether oxygens (including phenoxy) is 2. The normalized spacial score (nSPS) is 18.9. The van der Waals surface area contributed by atoms with E-state index in [1.54, 1.807) is 25.3 Å². The van der Waals surface area contributed by atoms with Crippen LogP contribution in [0.2, 0.25) is 0 Å². The number of pyridine rings is 1. The molecule has 2 aromatic rings. The second-order valence-electron chi connectivity index (χ2n) is 6.71. The number of carbonyl (C=O) groups is 1. The third kappa shape index (κ3) is 3.80. The molecule has 26 heavy (non-hydrogen) atoms. The van der Waals surface area contributed by atoms with Crippen LogP contribution in [0.4, 0.5) is 0 Å². The highest BCUT2D eigenvalue weighted by atomic mass is 16.5. The van der Waals surface area contributed by atoms with Crippen LogP contribution in [0.1, 0.15) is 34.6 Å². The van der Waals surface area contributed by atoms with E-state index in [1.165, 1.54) is 12.1 Å². The number of Topliss-reactive ketones (excluding diaryl/α,β-unsaturated/α-hetero) is 1. The van der Waals surface area contributed by atoms with Gasteiger partial charge in [0.1, 0.15) is 6.10 Å². The van der Waals surface area contributed by atoms with E-state index in [-0.39, 0.29) is 30.0 Å². The Morgan fingerprint density at radius 3 is 2.38 bits per heavy atom. The Bertz CT molecular complexity index is 854. The van der Waals surface area contributed by atoms with Crippen molar-refractivity contribution in [1.29, 1.82) is 0 Å². The number of rotatable bonds is 6. The van der Waals surface area contributed by atoms with Crippen LogP contribution in [0.3, 0.4) is 0 Å². The highest BCUT2D eigenvalue weighted by Gasteiger charge is 2.30. The minimum atomic E-state index is -0.317. The molecule has 0 atom stereocenters. The highest BCUT2D eigenvalue weighted by molar-refractivity contribution is 5.96. The number of hydrogen-bond acceptors (Lipinski definition) is 5. The van der Waals surface area contributed by atoms with Crippen molar-refractivity contribution in [2.24, 2.45) is 0 Å². The summed E-state index contributed by atoms with van der Waals surface area (Å²) in [7, 11) is 1.55. The number of ketones is 1. The molecule has 6 nitrogen and oxygen atoms in total. The molecular formula is C20H23NO5. The van der Waals surface area contributed by atoms with Gasteiger partial charge >= 0.3 is 0 Å². The molecule has 0 amide bonds. The van der Waals surface area contributed by atoms with Gasteiger partial charge in [0.05, 0.1) is 19.8 Å². The monoisotopic (exact) mass is 357 g/mol. The van der Waals surface area contributed by atoms with Gasteiger partial charge in [0.25, 0.3) is 0 Å². The van der Waals surface area contributed by atoms with Gasteiger partial charge in [-0.3, -0.25) is 9.59 Å². The largest absolute Gasteiger partial charge is 0.493 e. The lowest BCUT2D eigenvalue weighted by atomic mass is 9.92. The van der Waals surface area contributed by atoms with Crippen molar-refractivity contribution in [1.82, 2.24) is 4.57 Å². The van der Waals surface area contributed by atoms with Crippen molar-refractivity contribution in [3.63, 3.8) is 0 Å². The lowest BCUT2D eigenvalue weighted by Gasteiger charge is -2.32. The number of methoxy groups -OCH3 is 1. The molecule has 0 unspecified atom stereocenters. The lowest BCUT2D eigenvalue weighted by molar-refractivity contribution is -0.0118. The standard InChI is InChI=1S/C20H23NO5/c1-12-6-15(22)7-13(2)21(12)11-18(24)14-4-5-19(25-3)20(8-14)26-17-9-16(23)10-17/h4-8,16-17,23H,9-11H2,1-3H3. The first-order valence-corrected chi connectivity index (χ1v) is 8.61. The molecule has 138 valence electrons. The van der Waals surface area contributed by atoms with Gasteiger partial charge in [0.15, 0.2) is 22.7 Å². The van der Waals surface area contributed by atoms with E-state index in [2.05, 4.69) is 0 Å². The summed E-state index contributed by atoms with van der Waals surface area (Å²) in [4.78, 5) is 24.3. The number of aryl methyl sites for hydroxylation is 2. The number of aromatic nitrogens is 1. The molecule has 1 aromatic carbocycles. The first-order chi connectivity index (χ1) is 12.4. The zero-order valence-corrected chi connectivity index (χ0v) is 15.2. The number of nitrogens with zero attached hydrogens (tertiary/aromatic N) is 1. The molecule has 0 saturated heterocycles. The summed E-state index contributed by atoms with van der Waals surface area (Å²) in [5.41, 5.74) is 1.94. The zero-order chi connectivity index (χ0) is 18.8. The van der Waals surface area contributed by atoms with Gasteiger partial charge in [-0.2, -0.15) is 0 Å². The zero-order valence-electron chi connectivity index (χ0n) is 15.2. The molecule has 1 saturated carbocycles. The van der Waals surface area contributed by atoms with Gasteiger partial charge in [-0.25, -0.2) is 0 Å². The van der Waals surface area contributed by atoms with Crippen LogP contribution in [0, 0.1) is 13.8 Å². The van der Waals surface area contributed by atoms with Crippen molar-refractivity contribution in [3.8, 4) is 11.5 Å². The molecule has 1 heterocycles. The van der Waals surface area contributed by atoms with Crippen molar-refractivity contribution < 1.29 is 19.4 Å². The average molecular weight is 357 g/mol. The molecular weight excluding hydrogens is 334 g/mol. The van der Waals surface area contributed by atoms with Gasteiger partial charge in [0.2, 0.25) is 0 Å². The quantitative estimate of drug-likeness (QED) is 0.803. The minimum absolute atomic E-state index is 0.0623. The summed E-state index contributed by atoms with van der Waals surface area (Å²) < 4.78 is 13.0. The van der Waals surface area contributed by atoms with E-state index in [4.69, 9.17) is 9.47 Å². The molecule has 1 N–H and O–H groups in total. The summed E-state index contributed by atoms with van der Waals surface area (Å²) in [6.07, 6.45) is 0.781. The molecule has 0 radical (unpaired) electrons. The minimum Gasteiger partial charge on any atom is -0.493 e. The molecule has 0 spiro atoms. The molecule has 0 bridgehead atoms. The Hall–Kier alpha value is -2.60. The Balaban J connectivity index is 1.82. The fourth-order valence-electron chi connectivity index (χ4n) is 3.13. The third-order valence-electron chi connectivity index (χ3n) is 4.70. The average Bonchev–Trinajstić information content (AvgIpc) is 2.56. The van der Waals surface area contributed by atoms with Crippen LogP contribution >= 0.6 is 0 Å². The molecule has 1 fully saturated rings. The maximum absolute atomic E-state index is 12.7. The molecule has 1 aliphatic rings. The Morgan fingerprint density at radius 2 is 1.81 bits per heavy atom. The second-order valence-corrected chi connectivity index (χ2v) is 6.71. The Labute approximate surface area is 152 Å². The number of carbonyl (C=O) groups excluding carboxylic acids is 1. The molecule has 1 aliphatic carbocycles. The van der Waals surface area contributed by atoms with Crippen LogP contribution in [-0.4, -0.2) is 34.8 Å². The second kappa shape index (κ2) is 7.33. The number of benzene rings is 1. The summed E-state index contributed by atoms with van der Waals surface area (Å²) in [5.74, 6) is 0.975. The Morgan fingerprint density at radius 1 is 1.15 bits per heavy atom. The van der Waals surface area contributed by atoms with Gasteiger partial charge in [-0.05, 0) is 32.0 Å². The van der Waals surface area contributed by atoms with E-state index in [0.717, 1.165) is 11.4 Å². The molecule has 3 rings (SSSR count). The van der Waals surface area contributed by atoms with E-state index in [0.29, 0.717) is 29.9 Å². The topological polar surface area (TPSA) is 77.8 Å². The first-order valence-electron chi connectivity index (χ1n) is 8.61. The Kier molecular flexibility index (Phi) is 5.13. The fraction of sp³-hybridized carbons (Fsp3) is 0.400. The van der Waals surface area contributed by atoms with Crippen LogP contribution in [0.15, 0.2) is 35.1 Å². The molecule has 6 heteroatoms. The lowest BCUT2D eigenvalue weighted by Crippen LogP contribution is -2.37. The molecule has 0 aliphatic heterocycles. The highest BCUT2D eigenvalue weighted by Crippen LogP contribution is 2.33. The van der Waals surface area contributed by atoms with Crippen LogP contribution < -0.4 is 14.9 Å².